The molecule has 0 fully saturated rings. The zero-order chi connectivity index (χ0) is 14.5. The highest BCUT2D eigenvalue weighted by Gasteiger charge is 2.09. The summed E-state index contributed by atoms with van der Waals surface area (Å²) in [6.07, 6.45) is 1.56. The lowest BCUT2D eigenvalue weighted by molar-refractivity contribution is 0.102. The van der Waals surface area contributed by atoms with Crippen LogP contribution in [0.25, 0.3) is 0 Å². The monoisotopic (exact) mass is 273 g/mol. The molecule has 0 unspecified atom stereocenters. The minimum atomic E-state index is -0.380. The van der Waals surface area contributed by atoms with Gasteiger partial charge in [-0.3, -0.25) is 9.78 Å². The second-order valence-electron chi connectivity index (χ2n) is 4.43. The molecule has 1 amide bonds. The molecule has 5 heteroatoms. The fraction of sp³-hybridized carbons (Fsp3) is 0.200. The molecule has 104 valence electrons. The van der Waals surface area contributed by atoms with Gasteiger partial charge < -0.3 is 10.6 Å². The second-order valence-corrected chi connectivity index (χ2v) is 4.43. The number of rotatable bonds is 4. The number of carbonyl (C=O) groups is 1. The van der Waals surface area contributed by atoms with Gasteiger partial charge in [-0.15, -0.1) is 0 Å². The Morgan fingerprint density at radius 1 is 1.25 bits per heavy atom. The van der Waals surface area contributed by atoms with Crippen LogP contribution in [-0.4, -0.2) is 17.4 Å². The molecule has 0 saturated carbocycles. The molecule has 0 radical (unpaired) electrons. The van der Waals surface area contributed by atoms with Gasteiger partial charge in [0.15, 0.2) is 0 Å². The van der Waals surface area contributed by atoms with Crippen molar-refractivity contribution in [2.24, 2.45) is 0 Å². The van der Waals surface area contributed by atoms with Crippen LogP contribution in [0.2, 0.25) is 0 Å². The molecule has 1 aromatic heterocycles. The standard InChI is InChI=1S/C15H16FN3O/c1-3-17-12-4-5-18-14(9-12)15(20)19-13-7-10(2)6-11(16)8-13/h4-9H,3H2,1-2H3,(H,17,18)(H,19,20). The molecule has 1 heterocycles. The zero-order valence-electron chi connectivity index (χ0n) is 11.4. The van der Waals surface area contributed by atoms with Crippen molar-refractivity contribution >= 4 is 17.3 Å². The van der Waals surface area contributed by atoms with Crippen molar-refractivity contribution in [2.45, 2.75) is 13.8 Å². The molecule has 2 rings (SSSR count). The van der Waals surface area contributed by atoms with Crippen molar-refractivity contribution in [3.63, 3.8) is 0 Å². The van der Waals surface area contributed by atoms with Crippen LogP contribution >= 0.6 is 0 Å². The Labute approximate surface area is 117 Å². The number of halogens is 1. The average molecular weight is 273 g/mol. The van der Waals surface area contributed by atoms with Gasteiger partial charge in [-0.05, 0) is 49.7 Å². The fourth-order valence-corrected chi connectivity index (χ4v) is 1.87. The van der Waals surface area contributed by atoms with Gasteiger partial charge in [0.2, 0.25) is 0 Å². The highest BCUT2D eigenvalue weighted by Crippen LogP contribution is 2.15. The molecule has 0 saturated heterocycles. The second kappa shape index (κ2) is 6.14. The maximum Gasteiger partial charge on any atom is 0.274 e. The number of nitrogens with one attached hydrogen (secondary N) is 2. The van der Waals surface area contributed by atoms with Crippen molar-refractivity contribution in [2.75, 3.05) is 17.2 Å². The first-order valence-corrected chi connectivity index (χ1v) is 6.37. The van der Waals surface area contributed by atoms with Crippen LogP contribution in [0.1, 0.15) is 23.0 Å². The number of amides is 1. The van der Waals surface area contributed by atoms with E-state index >= 15 is 0 Å². The highest BCUT2D eigenvalue weighted by atomic mass is 19.1. The third-order valence-corrected chi connectivity index (χ3v) is 2.67. The van der Waals surface area contributed by atoms with E-state index in [0.29, 0.717) is 5.69 Å². The van der Waals surface area contributed by atoms with Crippen molar-refractivity contribution in [3.8, 4) is 0 Å². The molecule has 0 bridgehead atoms. The number of carbonyl (C=O) groups excluding carboxylic acids is 1. The SMILES string of the molecule is CCNc1ccnc(C(=O)Nc2cc(C)cc(F)c2)c1. The van der Waals surface area contributed by atoms with Crippen LogP contribution in [0.3, 0.4) is 0 Å². The molecule has 2 aromatic rings. The molecule has 0 aliphatic rings. The molecule has 4 nitrogen and oxygen atoms in total. The van der Waals surface area contributed by atoms with Crippen LogP contribution in [0.15, 0.2) is 36.5 Å². The number of anilines is 2. The van der Waals surface area contributed by atoms with E-state index in [4.69, 9.17) is 0 Å². The molecule has 2 N–H and O–H groups in total. The van der Waals surface area contributed by atoms with E-state index in [2.05, 4.69) is 15.6 Å². The number of hydrogen-bond acceptors (Lipinski definition) is 3. The first kappa shape index (κ1) is 14.0. The predicted octanol–water partition coefficient (Wildman–Crippen LogP) is 3.21. The maximum absolute atomic E-state index is 13.3. The first-order valence-electron chi connectivity index (χ1n) is 6.37. The summed E-state index contributed by atoms with van der Waals surface area (Å²) in [6.45, 7) is 4.49. The fourth-order valence-electron chi connectivity index (χ4n) is 1.87. The summed E-state index contributed by atoms with van der Waals surface area (Å²) >= 11 is 0. The summed E-state index contributed by atoms with van der Waals surface area (Å²) in [5, 5.41) is 5.74. The average Bonchev–Trinajstić information content (AvgIpc) is 2.38. The predicted molar refractivity (Wildman–Crippen MR) is 77.5 cm³/mol. The van der Waals surface area contributed by atoms with Gasteiger partial charge in [0.05, 0.1) is 0 Å². The first-order chi connectivity index (χ1) is 9.58. The molecule has 20 heavy (non-hydrogen) atoms. The van der Waals surface area contributed by atoms with Gasteiger partial charge in [-0.2, -0.15) is 0 Å². The van der Waals surface area contributed by atoms with E-state index in [1.54, 1.807) is 31.3 Å². The summed E-state index contributed by atoms with van der Waals surface area (Å²) in [4.78, 5) is 16.1. The smallest absolute Gasteiger partial charge is 0.274 e. The van der Waals surface area contributed by atoms with Crippen molar-refractivity contribution in [1.82, 2.24) is 4.98 Å². The van der Waals surface area contributed by atoms with Gasteiger partial charge in [-0.1, -0.05) is 0 Å². The van der Waals surface area contributed by atoms with Crippen LogP contribution < -0.4 is 10.6 Å². The Hall–Kier alpha value is -2.43. The van der Waals surface area contributed by atoms with Crippen molar-refractivity contribution < 1.29 is 9.18 Å². The number of aryl methyl sites for hydroxylation is 1. The summed E-state index contributed by atoms with van der Waals surface area (Å²) in [5.41, 5.74) is 2.27. The summed E-state index contributed by atoms with van der Waals surface area (Å²) in [5.74, 6) is -0.746. The number of pyridine rings is 1. The van der Waals surface area contributed by atoms with Gasteiger partial charge in [0.25, 0.3) is 5.91 Å². The Morgan fingerprint density at radius 2 is 2.05 bits per heavy atom. The van der Waals surface area contributed by atoms with Crippen LogP contribution in [0, 0.1) is 12.7 Å². The molecule has 0 spiro atoms. The Bertz CT molecular complexity index is 608. The van der Waals surface area contributed by atoms with E-state index in [9.17, 15) is 9.18 Å². The topological polar surface area (TPSA) is 54.0 Å². The maximum atomic E-state index is 13.3. The third kappa shape index (κ3) is 3.54. The molecule has 1 aromatic carbocycles. The lowest BCUT2D eigenvalue weighted by Gasteiger charge is -2.08. The Balaban J connectivity index is 2.17. The lowest BCUT2D eigenvalue weighted by atomic mass is 10.2. The van der Waals surface area contributed by atoms with Gasteiger partial charge in [0, 0.05) is 24.1 Å². The quantitative estimate of drug-likeness (QED) is 0.899. The molecule has 0 aliphatic heterocycles. The largest absolute Gasteiger partial charge is 0.385 e. The molecular formula is C15H16FN3O. The van der Waals surface area contributed by atoms with Gasteiger partial charge >= 0.3 is 0 Å². The zero-order valence-corrected chi connectivity index (χ0v) is 11.4. The van der Waals surface area contributed by atoms with Crippen LogP contribution in [0.5, 0.6) is 0 Å². The third-order valence-electron chi connectivity index (χ3n) is 2.67. The Morgan fingerprint density at radius 3 is 2.75 bits per heavy atom. The van der Waals surface area contributed by atoms with Crippen LogP contribution in [-0.2, 0) is 0 Å². The molecular weight excluding hydrogens is 257 g/mol. The number of aromatic nitrogens is 1. The Kier molecular flexibility index (Phi) is 4.30. The highest BCUT2D eigenvalue weighted by molar-refractivity contribution is 6.03. The lowest BCUT2D eigenvalue weighted by Crippen LogP contribution is -2.14. The number of hydrogen-bond donors (Lipinski definition) is 2. The van der Waals surface area contributed by atoms with Crippen molar-refractivity contribution in [3.05, 3.63) is 53.6 Å². The summed E-state index contributed by atoms with van der Waals surface area (Å²) in [6, 6.07) is 7.82. The van der Waals surface area contributed by atoms with E-state index in [1.165, 1.54) is 12.1 Å². The number of nitrogens with zero attached hydrogens (tertiary/aromatic N) is 1. The van der Waals surface area contributed by atoms with E-state index in [-0.39, 0.29) is 17.4 Å². The van der Waals surface area contributed by atoms with Gasteiger partial charge in [-0.25, -0.2) is 4.39 Å². The minimum Gasteiger partial charge on any atom is -0.385 e. The molecule has 0 aliphatic carbocycles. The molecule has 0 atom stereocenters. The van der Waals surface area contributed by atoms with Crippen molar-refractivity contribution in [1.29, 1.82) is 0 Å². The van der Waals surface area contributed by atoms with E-state index in [1.807, 2.05) is 6.92 Å². The van der Waals surface area contributed by atoms with Gasteiger partial charge in [0.1, 0.15) is 11.5 Å². The number of benzene rings is 1. The summed E-state index contributed by atoms with van der Waals surface area (Å²) < 4.78 is 13.3. The van der Waals surface area contributed by atoms with Crippen LogP contribution in [0.4, 0.5) is 15.8 Å². The minimum absolute atomic E-state index is 0.283. The summed E-state index contributed by atoms with van der Waals surface area (Å²) in [7, 11) is 0. The van der Waals surface area contributed by atoms with E-state index in [0.717, 1.165) is 17.8 Å². The van der Waals surface area contributed by atoms with E-state index < -0.39 is 0 Å². The normalized spacial score (nSPS) is 10.2.